The van der Waals surface area contributed by atoms with Gasteiger partial charge in [-0.3, -0.25) is 14.3 Å². The summed E-state index contributed by atoms with van der Waals surface area (Å²) < 4.78 is 30.2. The SMILES string of the molecule is Cc1c(Cc2ccccc2NS(=O)(=O)c2ccccc2)c2c(n1CC(=O)O)CC(C)(C)CC2=O. The van der Waals surface area contributed by atoms with Crippen LogP contribution in [0, 0.1) is 12.3 Å². The number of fused-ring (bicyclic) bond motifs is 1. The average Bonchev–Trinajstić information content (AvgIpc) is 3.00. The Morgan fingerprint density at radius 1 is 1.06 bits per heavy atom. The van der Waals surface area contributed by atoms with Crippen LogP contribution in [0.1, 0.15) is 53.1 Å². The largest absolute Gasteiger partial charge is 0.480 e. The molecule has 0 unspecified atom stereocenters. The lowest BCUT2D eigenvalue weighted by Gasteiger charge is -2.30. The van der Waals surface area contributed by atoms with Crippen LogP contribution in [0.2, 0.25) is 0 Å². The van der Waals surface area contributed by atoms with Crippen molar-refractivity contribution < 1.29 is 23.1 Å². The summed E-state index contributed by atoms with van der Waals surface area (Å²) >= 11 is 0. The first-order valence-corrected chi connectivity index (χ1v) is 12.6. The van der Waals surface area contributed by atoms with Gasteiger partial charge in [-0.05, 0) is 48.1 Å². The van der Waals surface area contributed by atoms with Crippen LogP contribution in [0.3, 0.4) is 0 Å². The number of para-hydroxylation sites is 1. The van der Waals surface area contributed by atoms with Crippen LogP contribution < -0.4 is 4.72 Å². The molecule has 3 aromatic rings. The van der Waals surface area contributed by atoms with E-state index in [1.807, 2.05) is 32.9 Å². The molecule has 1 aliphatic rings. The van der Waals surface area contributed by atoms with Crippen molar-refractivity contribution in [2.24, 2.45) is 5.41 Å². The standard InChI is InChI=1S/C26H28N2O5S/c1-17-20(25-22(28(17)16-24(30)31)14-26(2,3)15-23(25)29)13-18-9-7-8-12-21(18)27-34(32,33)19-10-5-4-6-11-19/h4-12,27H,13-16H2,1-3H3,(H,30,31). The molecular weight excluding hydrogens is 452 g/mol. The fourth-order valence-corrected chi connectivity index (χ4v) is 5.86. The van der Waals surface area contributed by atoms with E-state index in [9.17, 15) is 23.1 Å². The molecular formula is C26H28N2O5S. The van der Waals surface area contributed by atoms with Crippen LogP contribution in [0.4, 0.5) is 5.69 Å². The summed E-state index contributed by atoms with van der Waals surface area (Å²) in [4.78, 5) is 24.9. The van der Waals surface area contributed by atoms with E-state index in [2.05, 4.69) is 4.72 Å². The number of carbonyl (C=O) groups is 2. The van der Waals surface area contributed by atoms with E-state index in [1.54, 1.807) is 34.9 Å². The molecule has 34 heavy (non-hydrogen) atoms. The van der Waals surface area contributed by atoms with E-state index >= 15 is 0 Å². The molecule has 2 aromatic carbocycles. The molecule has 0 aliphatic heterocycles. The van der Waals surface area contributed by atoms with Crippen LogP contribution in [0.5, 0.6) is 0 Å². The minimum absolute atomic E-state index is 0.00386. The molecule has 1 aromatic heterocycles. The molecule has 0 saturated carbocycles. The van der Waals surface area contributed by atoms with Gasteiger partial charge in [0.1, 0.15) is 6.54 Å². The number of sulfonamides is 1. The van der Waals surface area contributed by atoms with Crippen LogP contribution in [-0.4, -0.2) is 29.8 Å². The summed E-state index contributed by atoms with van der Waals surface area (Å²) in [5.74, 6) is -0.977. The zero-order chi connectivity index (χ0) is 24.7. The van der Waals surface area contributed by atoms with Crippen molar-refractivity contribution in [1.82, 2.24) is 4.57 Å². The number of nitrogens with zero attached hydrogens (tertiary/aromatic N) is 1. The van der Waals surface area contributed by atoms with Gasteiger partial charge in [0, 0.05) is 29.8 Å². The molecule has 0 fully saturated rings. The molecule has 0 atom stereocenters. The summed E-state index contributed by atoms with van der Waals surface area (Å²) in [6.45, 7) is 5.62. The first kappa shape index (κ1) is 23.8. The Morgan fingerprint density at radius 3 is 2.38 bits per heavy atom. The molecule has 0 amide bonds. The minimum atomic E-state index is -3.79. The molecule has 4 rings (SSSR count). The van der Waals surface area contributed by atoms with Crippen molar-refractivity contribution in [1.29, 1.82) is 0 Å². The fraction of sp³-hybridized carbons (Fsp3) is 0.308. The van der Waals surface area contributed by atoms with E-state index in [0.29, 0.717) is 36.1 Å². The topological polar surface area (TPSA) is 105 Å². The maximum Gasteiger partial charge on any atom is 0.323 e. The van der Waals surface area contributed by atoms with E-state index in [1.165, 1.54) is 12.1 Å². The number of hydrogen-bond donors (Lipinski definition) is 2. The third kappa shape index (κ3) is 4.63. The Morgan fingerprint density at radius 2 is 1.71 bits per heavy atom. The summed E-state index contributed by atoms with van der Waals surface area (Å²) in [6, 6.07) is 15.2. The van der Waals surface area contributed by atoms with Crippen molar-refractivity contribution >= 4 is 27.5 Å². The summed E-state index contributed by atoms with van der Waals surface area (Å²) in [5.41, 5.74) is 3.68. The maximum absolute atomic E-state index is 13.2. The number of nitrogens with one attached hydrogen (secondary N) is 1. The Labute approximate surface area is 199 Å². The molecule has 7 nitrogen and oxygen atoms in total. The molecule has 0 radical (unpaired) electrons. The van der Waals surface area contributed by atoms with Gasteiger partial charge >= 0.3 is 5.97 Å². The zero-order valence-electron chi connectivity index (χ0n) is 19.5. The number of anilines is 1. The highest BCUT2D eigenvalue weighted by Crippen LogP contribution is 2.40. The highest BCUT2D eigenvalue weighted by Gasteiger charge is 2.37. The van der Waals surface area contributed by atoms with E-state index in [-0.39, 0.29) is 22.6 Å². The second-order valence-electron chi connectivity index (χ2n) is 9.56. The fourth-order valence-electron chi connectivity index (χ4n) is 4.74. The number of carboxylic acids is 1. The lowest BCUT2D eigenvalue weighted by molar-refractivity contribution is -0.137. The van der Waals surface area contributed by atoms with Crippen molar-refractivity contribution in [3.8, 4) is 0 Å². The van der Waals surface area contributed by atoms with Gasteiger partial charge in [0.15, 0.2) is 5.78 Å². The number of ketones is 1. The quantitative estimate of drug-likeness (QED) is 0.521. The Hall–Kier alpha value is -3.39. The smallest absolute Gasteiger partial charge is 0.323 e. The van der Waals surface area contributed by atoms with Crippen molar-refractivity contribution in [3.63, 3.8) is 0 Å². The molecule has 0 spiro atoms. The van der Waals surface area contributed by atoms with Crippen LogP contribution in [0.25, 0.3) is 0 Å². The number of rotatable bonds is 7. The van der Waals surface area contributed by atoms with E-state index < -0.39 is 16.0 Å². The summed E-state index contributed by atoms with van der Waals surface area (Å²) in [7, 11) is -3.79. The number of aliphatic carboxylic acids is 1. The van der Waals surface area contributed by atoms with E-state index in [4.69, 9.17) is 0 Å². The first-order chi connectivity index (χ1) is 16.0. The summed E-state index contributed by atoms with van der Waals surface area (Å²) in [5, 5.41) is 9.49. The van der Waals surface area contributed by atoms with Gasteiger partial charge in [0.05, 0.1) is 10.6 Å². The number of carboxylic acid groups (broad SMARTS) is 1. The third-order valence-electron chi connectivity index (χ3n) is 6.30. The number of aromatic nitrogens is 1. The van der Waals surface area contributed by atoms with Crippen LogP contribution in [-0.2, 0) is 34.2 Å². The predicted molar refractivity (Wildman–Crippen MR) is 130 cm³/mol. The highest BCUT2D eigenvalue weighted by atomic mass is 32.2. The normalized spacial score (nSPS) is 15.1. The van der Waals surface area contributed by atoms with Crippen LogP contribution >= 0.6 is 0 Å². The molecule has 1 aliphatic carbocycles. The zero-order valence-corrected chi connectivity index (χ0v) is 20.3. The second kappa shape index (κ2) is 8.76. The maximum atomic E-state index is 13.2. The lowest BCUT2D eigenvalue weighted by atomic mass is 9.75. The van der Waals surface area contributed by atoms with Gasteiger partial charge in [0.25, 0.3) is 10.0 Å². The third-order valence-corrected chi connectivity index (χ3v) is 7.68. The molecule has 2 N–H and O–H groups in total. The van der Waals surface area contributed by atoms with Gasteiger partial charge in [-0.2, -0.15) is 0 Å². The van der Waals surface area contributed by atoms with E-state index in [0.717, 1.165) is 17.0 Å². The van der Waals surface area contributed by atoms with Crippen molar-refractivity contribution in [2.45, 2.75) is 51.5 Å². The van der Waals surface area contributed by atoms with Crippen LogP contribution in [0.15, 0.2) is 59.5 Å². The van der Waals surface area contributed by atoms with Gasteiger partial charge in [-0.25, -0.2) is 8.42 Å². The summed E-state index contributed by atoms with van der Waals surface area (Å²) in [6.07, 6.45) is 1.29. The molecule has 0 bridgehead atoms. The second-order valence-corrected chi connectivity index (χ2v) is 11.2. The van der Waals surface area contributed by atoms with Gasteiger partial charge in [0.2, 0.25) is 0 Å². The number of carbonyl (C=O) groups excluding carboxylic acids is 1. The minimum Gasteiger partial charge on any atom is -0.480 e. The Balaban J connectivity index is 1.77. The molecule has 0 saturated heterocycles. The first-order valence-electron chi connectivity index (χ1n) is 11.1. The Bertz CT molecular complexity index is 1370. The molecule has 8 heteroatoms. The average molecular weight is 481 g/mol. The number of Topliss-reactive ketones (excluding diaryl/α,β-unsaturated/α-hetero) is 1. The molecule has 178 valence electrons. The van der Waals surface area contributed by atoms with Crippen molar-refractivity contribution in [2.75, 3.05) is 4.72 Å². The highest BCUT2D eigenvalue weighted by molar-refractivity contribution is 7.92. The lowest BCUT2D eigenvalue weighted by Crippen LogP contribution is -2.29. The van der Waals surface area contributed by atoms with Crippen molar-refractivity contribution in [3.05, 3.63) is 82.7 Å². The van der Waals surface area contributed by atoms with Gasteiger partial charge in [-0.1, -0.05) is 50.2 Å². The Kier molecular flexibility index (Phi) is 6.12. The van der Waals surface area contributed by atoms with Gasteiger partial charge < -0.3 is 9.67 Å². The number of benzene rings is 2. The molecule has 1 heterocycles. The predicted octanol–water partition coefficient (Wildman–Crippen LogP) is 4.43. The monoisotopic (exact) mass is 480 g/mol. The number of hydrogen-bond acceptors (Lipinski definition) is 4. The van der Waals surface area contributed by atoms with Gasteiger partial charge in [-0.15, -0.1) is 0 Å².